The Balaban J connectivity index is 1.54. The van der Waals surface area contributed by atoms with E-state index in [1.54, 1.807) is 18.2 Å². The molecular weight excluding hydrogens is 508 g/mol. The number of methoxy groups -OCH3 is 2. The van der Waals surface area contributed by atoms with Crippen molar-refractivity contribution in [2.75, 3.05) is 24.9 Å². The van der Waals surface area contributed by atoms with Crippen molar-refractivity contribution in [2.45, 2.75) is 30.4 Å². The zero-order chi connectivity index (χ0) is 27.8. The second-order valence-electron chi connectivity index (χ2n) is 8.88. The highest BCUT2D eigenvalue weighted by Crippen LogP contribution is 2.37. The lowest BCUT2D eigenvalue weighted by molar-refractivity contribution is -0.115. The SMILES string of the molecule is CCc1cccc(C)c1NC(=O)C(Sc1ccc(NC(=O)c2c(OC)cccc2OC)cc1)c1ccccc1. The molecule has 0 aliphatic rings. The van der Waals surface area contributed by atoms with Gasteiger partial charge in [0.25, 0.3) is 5.91 Å². The predicted octanol–water partition coefficient (Wildman–Crippen LogP) is 7.30. The Hall–Kier alpha value is -4.23. The molecule has 1 unspecified atom stereocenters. The molecule has 0 radical (unpaired) electrons. The number of nitrogens with one attached hydrogen (secondary N) is 2. The summed E-state index contributed by atoms with van der Waals surface area (Å²) in [5.41, 5.74) is 4.86. The van der Waals surface area contributed by atoms with E-state index in [1.165, 1.54) is 26.0 Å². The van der Waals surface area contributed by atoms with E-state index >= 15 is 0 Å². The first kappa shape index (κ1) is 27.8. The first-order valence-corrected chi connectivity index (χ1v) is 13.6. The van der Waals surface area contributed by atoms with Crippen LogP contribution in [0.1, 0.15) is 39.2 Å². The third-order valence-corrected chi connectivity index (χ3v) is 7.62. The summed E-state index contributed by atoms with van der Waals surface area (Å²) in [5.74, 6) is 0.429. The quantitative estimate of drug-likeness (QED) is 0.206. The summed E-state index contributed by atoms with van der Waals surface area (Å²) in [7, 11) is 3.03. The number of benzene rings is 4. The van der Waals surface area contributed by atoms with E-state index in [2.05, 4.69) is 17.6 Å². The Labute approximate surface area is 233 Å². The van der Waals surface area contributed by atoms with Crippen molar-refractivity contribution in [1.82, 2.24) is 0 Å². The predicted molar refractivity (Wildman–Crippen MR) is 158 cm³/mol. The molecular formula is C32H32N2O4S. The van der Waals surface area contributed by atoms with E-state index in [1.807, 2.05) is 79.7 Å². The Morgan fingerprint density at radius 1 is 0.795 bits per heavy atom. The highest BCUT2D eigenvalue weighted by atomic mass is 32.2. The number of para-hydroxylation sites is 1. The molecule has 1 atom stereocenters. The molecule has 0 heterocycles. The van der Waals surface area contributed by atoms with Crippen molar-refractivity contribution in [2.24, 2.45) is 0 Å². The van der Waals surface area contributed by atoms with Gasteiger partial charge in [-0.25, -0.2) is 0 Å². The van der Waals surface area contributed by atoms with E-state index in [9.17, 15) is 9.59 Å². The first-order valence-electron chi connectivity index (χ1n) is 12.7. The smallest absolute Gasteiger partial charge is 0.263 e. The molecule has 6 nitrogen and oxygen atoms in total. The molecule has 2 amide bonds. The van der Waals surface area contributed by atoms with Gasteiger partial charge < -0.3 is 20.1 Å². The van der Waals surface area contributed by atoms with E-state index < -0.39 is 5.25 Å². The van der Waals surface area contributed by atoms with E-state index in [0.29, 0.717) is 22.7 Å². The molecule has 0 saturated carbocycles. The molecule has 4 aromatic carbocycles. The summed E-state index contributed by atoms with van der Waals surface area (Å²) in [6.07, 6.45) is 0.828. The third kappa shape index (κ3) is 6.62. The van der Waals surface area contributed by atoms with Gasteiger partial charge in [-0.1, -0.05) is 61.5 Å². The number of aryl methyl sites for hydroxylation is 2. The topological polar surface area (TPSA) is 76.7 Å². The molecule has 0 saturated heterocycles. The second kappa shape index (κ2) is 13.0. The van der Waals surface area contributed by atoms with Gasteiger partial charge in [-0.15, -0.1) is 11.8 Å². The highest BCUT2D eigenvalue weighted by molar-refractivity contribution is 8.00. The van der Waals surface area contributed by atoms with Gasteiger partial charge in [0.1, 0.15) is 22.3 Å². The first-order chi connectivity index (χ1) is 18.9. The normalized spacial score (nSPS) is 11.4. The van der Waals surface area contributed by atoms with Crippen LogP contribution in [0.25, 0.3) is 0 Å². The summed E-state index contributed by atoms with van der Waals surface area (Å²) in [4.78, 5) is 27.5. The number of anilines is 2. The number of ether oxygens (including phenoxy) is 2. The molecule has 0 fully saturated rings. The van der Waals surface area contributed by atoms with Crippen LogP contribution in [-0.2, 0) is 11.2 Å². The van der Waals surface area contributed by atoms with Crippen molar-refractivity contribution in [3.63, 3.8) is 0 Å². The van der Waals surface area contributed by atoms with E-state index in [0.717, 1.165) is 33.7 Å². The van der Waals surface area contributed by atoms with Gasteiger partial charge in [0.15, 0.2) is 0 Å². The van der Waals surface area contributed by atoms with Gasteiger partial charge in [0.05, 0.1) is 14.2 Å². The van der Waals surface area contributed by atoms with Gasteiger partial charge >= 0.3 is 0 Å². The van der Waals surface area contributed by atoms with Crippen LogP contribution in [0.2, 0.25) is 0 Å². The molecule has 4 aromatic rings. The van der Waals surface area contributed by atoms with Gasteiger partial charge in [0.2, 0.25) is 5.91 Å². The van der Waals surface area contributed by atoms with Crippen molar-refractivity contribution in [1.29, 1.82) is 0 Å². The number of amides is 2. The maximum absolute atomic E-state index is 13.6. The van der Waals surface area contributed by atoms with Gasteiger partial charge in [-0.3, -0.25) is 9.59 Å². The van der Waals surface area contributed by atoms with Crippen LogP contribution >= 0.6 is 11.8 Å². The zero-order valence-electron chi connectivity index (χ0n) is 22.5. The minimum absolute atomic E-state index is 0.0872. The monoisotopic (exact) mass is 540 g/mol. The standard InChI is InChI=1S/C32H32N2O4S/c1-5-22-14-9-11-21(2)29(22)34-32(36)30(23-12-7-6-8-13-23)39-25-19-17-24(18-20-25)33-31(35)28-26(37-3)15-10-16-27(28)38-4/h6-20,30H,5H2,1-4H3,(H,33,35)(H,34,36). The van der Waals surface area contributed by atoms with E-state index in [4.69, 9.17) is 9.47 Å². The number of hydrogen-bond donors (Lipinski definition) is 2. The molecule has 0 bridgehead atoms. The number of hydrogen-bond acceptors (Lipinski definition) is 5. The fraction of sp³-hybridized carbons (Fsp3) is 0.188. The van der Waals surface area contributed by atoms with Crippen molar-refractivity contribution in [3.05, 3.63) is 113 Å². The molecule has 0 spiro atoms. The summed E-state index contributed by atoms with van der Waals surface area (Å²) < 4.78 is 10.7. The lowest BCUT2D eigenvalue weighted by Gasteiger charge is -2.20. The lowest BCUT2D eigenvalue weighted by Crippen LogP contribution is -2.20. The molecule has 2 N–H and O–H groups in total. The Morgan fingerprint density at radius 2 is 1.44 bits per heavy atom. The average Bonchev–Trinajstić information content (AvgIpc) is 2.97. The number of carbonyl (C=O) groups is 2. The maximum Gasteiger partial charge on any atom is 0.263 e. The summed E-state index contributed by atoms with van der Waals surface area (Å²) in [6.45, 7) is 4.09. The largest absolute Gasteiger partial charge is 0.496 e. The molecule has 0 aliphatic heterocycles. The van der Waals surface area contributed by atoms with Crippen molar-refractivity contribution in [3.8, 4) is 11.5 Å². The minimum atomic E-state index is -0.464. The summed E-state index contributed by atoms with van der Waals surface area (Å²) in [5, 5.41) is 5.63. The van der Waals surface area contributed by atoms with Crippen molar-refractivity contribution >= 4 is 35.0 Å². The highest BCUT2D eigenvalue weighted by Gasteiger charge is 2.24. The molecule has 0 aromatic heterocycles. The Kier molecular flexibility index (Phi) is 9.28. The van der Waals surface area contributed by atoms with Gasteiger partial charge in [-0.2, -0.15) is 0 Å². The Bertz CT molecular complexity index is 1420. The molecule has 7 heteroatoms. The van der Waals surface area contributed by atoms with Crippen LogP contribution in [0.3, 0.4) is 0 Å². The minimum Gasteiger partial charge on any atom is -0.496 e. The fourth-order valence-corrected chi connectivity index (χ4v) is 5.34. The van der Waals surface area contributed by atoms with Gasteiger partial charge in [-0.05, 0) is 66.4 Å². The lowest BCUT2D eigenvalue weighted by atomic mass is 10.1. The maximum atomic E-state index is 13.6. The molecule has 0 aliphatic carbocycles. The van der Waals surface area contributed by atoms with E-state index in [-0.39, 0.29) is 11.8 Å². The number of carbonyl (C=O) groups excluding carboxylic acids is 2. The van der Waals surface area contributed by atoms with Crippen molar-refractivity contribution < 1.29 is 19.1 Å². The number of rotatable bonds is 10. The second-order valence-corrected chi connectivity index (χ2v) is 10.1. The summed E-state index contributed by atoms with van der Waals surface area (Å²) in [6, 6.07) is 28.4. The Morgan fingerprint density at radius 3 is 2.05 bits per heavy atom. The van der Waals surface area contributed by atoms with Crippen LogP contribution in [0.4, 0.5) is 11.4 Å². The molecule has 4 rings (SSSR count). The third-order valence-electron chi connectivity index (χ3n) is 6.35. The van der Waals surface area contributed by atoms with Crippen LogP contribution < -0.4 is 20.1 Å². The van der Waals surface area contributed by atoms with Crippen LogP contribution in [0, 0.1) is 6.92 Å². The zero-order valence-corrected chi connectivity index (χ0v) is 23.3. The number of thioether (sulfide) groups is 1. The van der Waals surface area contributed by atoms with Crippen LogP contribution in [-0.4, -0.2) is 26.0 Å². The van der Waals surface area contributed by atoms with Crippen LogP contribution in [0.5, 0.6) is 11.5 Å². The average molecular weight is 541 g/mol. The molecule has 200 valence electrons. The van der Waals surface area contributed by atoms with Crippen LogP contribution in [0.15, 0.2) is 95.9 Å². The fourth-order valence-electron chi connectivity index (χ4n) is 4.31. The van der Waals surface area contributed by atoms with Gasteiger partial charge in [0, 0.05) is 16.3 Å². The molecule has 39 heavy (non-hydrogen) atoms. The summed E-state index contributed by atoms with van der Waals surface area (Å²) >= 11 is 1.46.